The van der Waals surface area contributed by atoms with Crippen molar-refractivity contribution in [2.75, 3.05) is 0 Å². The van der Waals surface area contributed by atoms with E-state index in [0.29, 0.717) is 6.10 Å². The minimum atomic E-state index is 0.454. The van der Waals surface area contributed by atoms with E-state index in [1.54, 1.807) is 0 Å². The van der Waals surface area contributed by atoms with Crippen LogP contribution in [0.2, 0.25) is 0 Å². The van der Waals surface area contributed by atoms with E-state index in [4.69, 9.17) is 4.74 Å². The molecule has 1 aromatic carbocycles. The average molecular weight is 190 g/mol. The van der Waals surface area contributed by atoms with Gasteiger partial charge in [-0.15, -0.1) is 0 Å². The summed E-state index contributed by atoms with van der Waals surface area (Å²) in [6, 6.07) is 6.50. The van der Waals surface area contributed by atoms with Gasteiger partial charge in [0.1, 0.15) is 5.75 Å². The zero-order valence-electron chi connectivity index (χ0n) is 9.05. The fourth-order valence-electron chi connectivity index (χ4n) is 2.10. The molecule has 0 aromatic heterocycles. The molecule has 1 aliphatic rings. The maximum atomic E-state index is 5.93. The average Bonchev–Trinajstić information content (AvgIpc) is 2.19. The zero-order chi connectivity index (χ0) is 9.97. The molecule has 0 bridgehead atoms. The van der Waals surface area contributed by atoms with Crippen LogP contribution in [-0.4, -0.2) is 6.10 Å². The number of benzene rings is 1. The summed E-state index contributed by atoms with van der Waals surface area (Å²) in [4.78, 5) is 0. The highest BCUT2D eigenvalue weighted by atomic mass is 16.5. The van der Waals surface area contributed by atoms with Crippen LogP contribution >= 0.6 is 0 Å². The molecule has 0 fully saturated rings. The van der Waals surface area contributed by atoms with Crippen molar-refractivity contribution in [1.82, 2.24) is 0 Å². The lowest BCUT2D eigenvalue weighted by molar-refractivity contribution is 0.163. The van der Waals surface area contributed by atoms with Crippen molar-refractivity contribution in [3.63, 3.8) is 0 Å². The van der Waals surface area contributed by atoms with E-state index in [-0.39, 0.29) is 0 Å². The molecule has 14 heavy (non-hydrogen) atoms. The molecule has 76 valence electrons. The van der Waals surface area contributed by atoms with Gasteiger partial charge in [-0.1, -0.05) is 31.0 Å². The first kappa shape index (κ1) is 9.57. The van der Waals surface area contributed by atoms with Crippen LogP contribution in [0.25, 0.3) is 0 Å². The molecule has 2 rings (SSSR count). The van der Waals surface area contributed by atoms with Gasteiger partial charge in [0.25, 0.3) is 0 Å². The maximum absolute atomic E-state index is 5.93. The molecule has 0 aliphatic carbocycles. The fraction of sp³-hybridized carbons (Fsp3) is 0.538. The van der Waals surface area contributed by atoms with Gasteiger partial charge in [0, 0.05) is 0 Å². The molecule has 0 spiro atoms. The van der Waals surface area contributed by atoms with Crippen molar-refractivity contribution in [3.8, 4) is 5.75 Å². The molecule has 1 heteroatoms. The van der Waals surface area contributed by atoms with Crippen molar-refractivity contribution in [2.24, 2.45) is 0 Å². The second-order valence-corrected chi connectivity index (χ2v) is 4.18. The summed E-state index contributed by atoms with van der Waals surface area (Å²) in [5, 5.41) is 0. The fourth-order valence-corrected chi connectivity index (χ4v) is 2.10. The summed E-state index contributed by atoms with van der Waals surface area (Å²) < 4.78 is 5.93. The van der Waals surface area contributed by atoms with Gasteiger partial charge in [0.2, 0.25) is 0 Å². The Morgan fingerprint density at radius 3 is 3.07 bits per heavy atom. The normalized spacial score (nSPS) is 20.0. The number of rotatable bonds is 2. The molecule has 1 heterocycles. The van der Waals surface area contributed by atoms with Crippen LogP contribution in [0, 0.1) is 6.92 Å². The molecule has 0 radical (unpaired) electrons. The Hall–Kier alpha value is -0.980. The van der Waals surface area contributed by atoms with E-state index in [9.17, 15) is 0 Å². The minimum Gasteiger partial charge on any atom is -0.490 e. The molecule has 1 nitrogen and oxygen atoms in total. The van der Waals surface area contributed by atoms with Crippen LogP contribution in [0.3, 0.4) is 0 Å². The van der Waals surface area contributed by atoms with Crippen LogP contribution < -0.4 is 4.74 Å². The first-order chi connectivity index (χ1) is 6.79. The Morgan fingerprint density at radius 2 is 2.29 bits per heavy atom. The number of aryl methyl sites for hydroxylation is 2. The van der Waals surface area contributed by atoms with Crippen molar-refractivity contribution in [1.29, 1.82) is 0 Å². The zero-order valence-corrected chi connectivity index (χ0v) is 9.05. The highest BCUT2D eigenvalue weighted by Gasteiger charge is 2.18. The van der Waals surface area contributed by atoms with Gasteiger partial charge in [0.05, 0.1) is 6.10 Å². The molecule has 0 N–H and O–H groups in total. The van der Waals surface area contributed by atoms with E-state index in [1.165, 1.54) is 36.8 Å². The van der Waals surface area contributed by atoms with Crippen LogP contribution in [-0.2, 0) is 6.42 Å². The van der Waals surface area contributed by atoms with Crippen molar-refractivity contribution in [2.45, 2.75) is 45.6 Å². The lowest BCUT2D eigenvalue weighted by atomic mass is 9.98. The lowest BCUT2D eigenvalue weighted by Crippen LogP contribution is -2.22. The van der Waals surface area contributed by atoms with E-state index >= 15 is 0 Å². The van der Waals surface area contributed by atoms with Gasteiger partial charge in [0.15, 0.2) is 0 Å². The summed E-state index contributed by atoms with van der Waals surface area (Å²) in [5.74, 6) is 1.11. The number of hydrogen-bond acceptors (Lipinski definition) is 1. The lowest BCUT2D eigenvalue weighted by Gasteiger charge is -2.26. The molecule has 0 saturated heterocycles. The quantitative estimate of drug-likeness (QED) is 0.693. The van der Waals surface area contributed by atoms with Gasteiger partial charge in [-0.2, -0.15) is 0 Å². The Kier molecular flexibility index (Phi) is 2.76. The molecule has 1 unspecified atom stereocenters. The number of ether oxygens (including phenoxy) is 1. The summed E-state index contributed by atoms with van der Waals surface area (Å²) in [5.41, 5.74) is 2.72. The molecular weight excluding hydrogens is 172 g/mol. The van der Waals surface area contributed by atoms with Crippen molar-refractivity contribution < 1.29 is 4.74 Å². The molecule has 1 atom stereocenters. The second-order valence-electron chi connectivity index (χ2n) is 4.18. The second kappa shape index (κ2) is 4.04. The van der Waals surface area contributed by atoms with Gasteiger partial charge < -0.3 is 4.74 Å². The van der Waals surface area contributed by atoms with Gasteiger partial charge >= 0.3 is 0 Å². The van der Waals surface area contributed by atoms with Gasteiger partial charge in [-0.3, -0.25) is 0 Å². The minimum absolute atomic E-state index is 0.454. The topological polar surface area (TPSA) is 9.23 Å². The first-order valence-electron chi connectivity index (χ1n) is 5.56. The van der Waals surface area contributed by atoms with E-state index in [2.05, 4.69) is 32.0 Å². The molecule has 0 saturated carbocycles. The summed E-state index contributed by atoms with van der Waals surface area (Å²) in [6.07, 6.45) is 5.22. The predicted octanol–water partition coefficient (Wildman–Crippen LogP) is 3.49. The summed E-state index contributed by atoms with van der Waals surface area (Å²) in [7, 11) is 0. The Morgan fingerprint density at radius 1 is 1.43 bits per heavy atom. The molecule has 1 aliphatic heterocycles. The standard InChI is InChI=1S/C13H18O/c1-3-4-12-7-6-11-9-10(2)5-8-13(11)14-12/h5,8-9,12H,3-4,6-7H2,1-2H3. The third kappa shape index (κ3) is 1.92. The highest BCUT2D eigenvalue weighted by molar-refractivity contribution is 5.38. The van der Waals surface area contributed by atoms with E-state index < -0.39 is 0 Å². The van der Waals surface area contributed by atoms with Crippen LogP contribution in [0.1, 0.15) is 37.3 Å². The van der Waals surface area contributed by atoms with Gasteiger partial charge in [-0.25, -0.2) is 0 Å². The third-order valence-electron chi connectivity index (χ3n) is 2.86. The highest BCUT2D eigenvalue weighted by Crippen LogP contribution is 2.29. The Labute approximate surface area is 86.1 Å². The summed E-state index contributed by atoms with van der Waals surface area (Å²) in [6.45, 7) is 4.35. The Bertz CT molecular complexity index is 317. The van der Waals surface area contributed by atoms with Crippen LogP contribution in [0.15, 0.2) is 18.2 Å². The maximum Gasteiger partial charge on any atom is 0.122 e. The first-order valence-corrected chi connectivity index (χ1v) is 5.56. The van der Waals surface area contributed by atoms with Crippen molar-refractivity contribution >= 4 is 0 Å². The predicted molar refractivity (Wildman–Crippen MR) is 58.8 cm³/mol. The molecule has 1 aromatic rings. The van der Waals surface area contributed by atoms with E-state index in [1.807, 2.05) is 0 Å². The van der Waals surface area contributed by atoms with Crippen LogP contribution in [0.5, 0.6) is 5.75 Å². The van der Waals surface area contributed by atoms with E-state index in [0.717, 1.165) is 5.75 Å². The molecular formula is C13H18O. The number of hydrogen-bond donors (Lipinski definition) is 0. The smallest absolute Gasteiger partial charge is 0.122 e. The third-order valence-corrected chi connectivity index (χ3v) is 2.86. The summed E-state index contributed by atoms with van der Waals surface area (Å²) >= 11 is 0. The largest absolute Gasteiger partial charge is 0.490 e. The monoisotopic (exact) mass is 190 g/mol. The van der Waals surface area contributed by atoms with Crippen LogP contribution in [0.4, 0.5) is 0 Å². The van der Waals surface area contributed by atoms with Gasteiger partial charge in [-0.05, 0) is 37.8 Å². The Balaban J connectivity index is 2.15. The molecule has 0 amide bonds. The van der Waals surface area contributed by atoms with Crippen molar-refractivity contribution in [3.05, 3.63) is 29.3 Å². The SMILES string of the molecule is CCCC1CCc2cc(C)ccc2O1. The number of fused-ring (bicyclic) bond motifs is 1.